The average molecular weight is 727 g/mol. The Morgan fingerprint density at radius 2 is 1.09 bits per heavy atom. The molecule has 0 aliphatic carbocycles. The van der Waals surface area contributed by atoms with Crippen LogP contribution in [0.2, 0.25) is 0 Å². The van der Waals surface area contributed by atoms with E-state index in [2.05, 4.69) is 38.1 Å². The number of rotatable bonds is 13. The number of carbonyl (C=O) groups is 2. The van der Waals surface area contributed by atoms with Gasteiger partial charge in [0, 0.05) is 13.1 Å². The lowest BCUT2D eigenvalue weighted by molar-refractivity contribution is -0.145. The highest BCUT2D eigenvalue weighted by Gasteiger charge is 2.29. The van der Waals surface area contributed by atoms with Gasteiger partial charge in [-0.15, -0.1) is 0 Å². The molecule has 2 N–H and O–H groups in total. The minimum atomic E-state index is -0.804. The van der Waals surface area contributed by atoms with Crippen LogP contribution in [-0.2, 0) is 35.9 Å². The van der Waals surface area contributed by atoms with E-state index in [0.29, 0.717) is 48.6 Å². The molecule has 2 fully saturated rings. The van der Waals surface area contributed by atoms with Gasteiger partial charge in [0.1, 0.15) is 48.9 Å². The second kappa shape index (κ2) is 17.4. The van der Waals surface area contributed by atoms with Gasteiger partial charge in [-0.25, -0.2) is 0 Å². The molecule has 0 radical (unpaired) electrons. The van der Waals surface area contributed by atoms with Crippen LogP contribution in [0.15, 0.2) is 72.8 Å². The maximum Gasteiger partial charge on any atom is 0.320 e. The standard InChI is InChI=1S/C44H46N4O6/c1-29-33(27-53-41-17-15-31(21-35(41)23-45)25-47-19-5-3-13-39(47)43(49)50)9-7-11-37(29)38-12-8-10-34(30(38)2)28-54-42-18-16-32(22-36(42)24-46)26-48-20-6-4-14-40(48)44(51)52/h7-12,15-18,21-22,39-40H,3-6,13-14,19-20,25-28H2,1-2H3,(H,49,50)(H,51,52)/t39-,40-/m0/s1. The predicted octanol–water partition coefficient (Wildman–Crippen LogP) is 7.75. The van der Waals surface area contributed by atoms with Crippen molar-refractivity contribution in [2.24, 2.45) is 0 Å². The van der Waals surface area contributed by atoms with E-state index in [9.17, 15) is 30.3 Å². The second-order valence-corrected chi connectivity index (χ2v) is 14.3. The number of piperidine rings is 2. The Bertz CT molecular complexity index is 1950. The number of nitriles is 2. The van der Waals surface area contributed by atoms with E-state index in [1.54, 1.807) is 24.3 Å². The second-order valence-electron chi connectivity index (χ2n) is 14.3. The van der Waals surface area contributed by atoms with E-state index in [-0.39, 0.29) is 13.2 Å². The molecule has 0 spiro atoms. The fourth-order valence-corrected chi connectivity index (χ4v) is 7.74. The summed E-state index contributed by atoms with van der Waals surface area (Å²) < 4.78 is 12.4. The van der Waals surface area contributed by atoms with Crippen LogP contribution in [0.5, 0.6) is 11.5 Å². The zero-order chi connectivity index (χ0) is 38.2. The van der Waals surface area contributed by atoms with Crippen molar-refractivity contribution in [1.82, 2.24) is 9.80 Å². The Balaban J connectivity index is 1.12. The molecule has 54 heavy (non-hydrogen) atoms. The summed E-state index contributed by atoms with van der Waals surface area (Å²) in [4.78, 5) is 27.5. The van der Waals surface area contributed by atoms with Gasteiger partial charge in [-0.05, 0) is 121 Å². The van der Waals surface area contributed by atoms with Crippen LogP contribution in [0.3, 0.4) is 0 Å². The van der Waals surface area contributed by atoms with Crippen molar-refractivity contribution in [3.63, 3.8) is 0 Å². The molecule has 2 aliphatic heterocycles. The Labute approximate surface area is 316 Å². The summed E-state index contributed by atoms with van der Waals surface area (Å²) in [7, 11) is 0. The van der Waals surface area contributed by atoms with Crippen molar-refractivity contribution < 1.29 is 29.3 Å². The molecule has 2 atom stereocenters. The highest BCUT2D eigenvalue weighted by atomic mass is 16.5. The van der Waals surface area contributed by atoms with E-state index in [1.165, 1.54) is 0 Å². The lowest BCUT2D eigenvalue weighted by Gasteiger charge is -2.32. The number of aliphatic carboxylic acids is 2. The van der Waals surface area contributed by atoms with Crippen LogP contribution >= 0.6 is 0 Å². The van der Waals surface area contributed by atoms with Crippen molar-refractivity contribution >= 4 is 11.9 Å². The molecule has 0 unspecified atom stereocenters. The van der Waals surface area contributed by atoms with Crippen molar-refractivity contribution in [3.8, 4) is 34.8 Å². The Morgan fingerprint density at radius 1 is 0.667 bits per heavy atom. The van der Waals surface area contributed by atoms with Gasteiger partial charge in [-0.2, -0.15) is 10.5 Å². The molecule has 0 amide bonds. The summed E-state index contributed by atoms with van der Waals surface area (Å²) in [6.07, 6.45) is 5.00. The molecular formula is C44H46N4O6. The third-order valence-electron chi connectivity index (χ3n) is 10.8. The van der Waals surface area contributed by atoms with E-state index < -0.39 is 24.0 Å². The smallest absolute Gasteiger partial charge is 0.320 e. The molecule has 2 aliphatic rings. The SMILES string of the molecule is Cc1c(COc2ccc(CN3CCCC[C@H]3C(=O)O)cc2C#N)cccc1-c1cccc(COc2ccc(CN3CCCC[C@H]3C(=O)O)cc2C#N)c1C. The maximum atomic E-state index is 11.8. The first-order chi connectivity index (χ1) is 26.2. The summed E-state index contributed by atoms with van der Waals surface area (Å²) in [6, 6.07) is 26.7. The quantitative estimate of drug-likeness (QED) is 0.140. The fraction of sp³-hybridized carbons (Fsp3) is 0.364. The number of hydrogen-bond acceptors (Lipinski definition) is 8. The highest BCUT2D eigenvalue weighted by molar-refractivity contribution is 5.74. The Kier molecular flexibility index (Phi) is 12.3. The van der Waals surface area contributed by atoms with Crippen molar-refractivity contribution in [1.29, 1.82) is 10.5 Å². The fourth-order valence-electron chi connectivity index (χ4n) is 7.74. The molecule has 2 heterocycles. The van der Waals surface area contributed by atoms with Crippen molar-refractivity contribution in [3.05, 3.63) is 117 Å². The topological polar surface area (TPSA) is 147 Å². The van der Waals surface area contributed by atoms with Gasteiger partial charge in [-0.1, -0.05) is 61.4 Å². The number of ether oxygens (including phenoxy) is 2. The molecule has 0 bridgehead atoms. The lowest BCUT2D eigenvalue weighted by Crippen LogP contribution is -2.44. The number of nitrogens with zero attached hydrogens (tertiary/aromatic N) is 4. The van der Waals surface area contributed by atoms with Gasteiger partial charge >= 0.3 is 11.9 Å². The van der Waals surface area contributed by atoms with E-state index in [0.717, 1.165) is 83.3 Å². The Morgan fingerprint density at radius 3 is 1.48 bits per heavy atom. The minimum Gasteiger partial charge on any atom is -0.488 e. The van der Waals surface area contributed by atoms with Gasteiger partial charge < -0.3 is 19.7 Å². The molecular weight excluding hydrogens is 681 g/mol. The van der Waals surface area contributed by atoms with Crippen LogP contribution in [0, 0.1) is 36.5 Å². The average Bonchev–Trinajstić information content (AvgIpc) is 3.18. The number of carboxylic acid groups (broad SMARTS) is 2. The Hall–Kier alpha value is -5.68. The first-order valence-corrected chi connectivity index (χ1v) is 18.6. The first-order valence-electron chi connectivity index (χ1n) is 18.6. The van der Waals surface area contributed by atoms with Gasteiger partial charge in [-0.3, -0.25) is 19.4 Å². The van der Waals surface area contributed by atoms with Gasteiger partial charge in [0.15, 0.2) is 0 Å². The summed E-state index contributed by atoms with van der Waals surface area (Å²) >= 11 is 0. The number of hydrogen-bond donors (Lipinski definition) is 2. The monoisotopic (exact) mass is 726 g/mol. The summed E-state index contributed by atoms with van der Waals surface area (Å²) in [5.41, 5.74) is 8.78. The highest BCUT2D eigenvalue weighted by Crippen LogP contribution is 2.33. The lowest BCUT2D eigenvalue weighted by atomic mass is 9.92. The molecule has 10 heteroatoms. The number of likely N-dealkylation sites (tertiary alicyclic amines) is 2. The molecule has 2 saturated heterocycles. The van der Waals surface area contributed by atoms with Gasteiger partial charge in [0.2, 0.25) is 0 Å². The molecule has 10 nitrogen and oxygen atoms in total. The third kappa shape index (κ3) is 8.74. The van der Waals surface area contributed by atoms with Crippen LogP contribution in [0.25, 0.3) is 11.1 Å². The summed E-state index contributed by atoms with van der Waals surface area (Å²) in [5.74, 6) is -0.643. The molecule has 278 valence electrons. The van der Waals surface area contributed by atoms with Crippen LogP contribution in [0.4, 0.5) is 0 Å². The molecule has 6 rings (SSSR count). The normalized spacial score (nSPS) is 17.6. The minimum absolute atomic E-state index is 0.268. The van der Waals surface area contributed by atoms with E-state index in [1.807, 2.05) is 46.2 Å². The number of carboxylic acids is 2. The predicted molar refractivity (Wildman–Crippen MR) is 204 cm³/mol. The molecule has 0 saturated carbocycles. The molecule has 4 aromatic rings. The van der Waals surface area contributed by atoms with Crippen molar-refractivity contribution in [2.75, 3.05) is 13.1 Å². The van der Waals surface area contributed by atoms with Crippen molar-refractivity contribution in [2.45, 2.75) is 90.8 Å². The van der Waals surface area contributed by atoms with Crippen LogP contribution in [-0.4, -0.2) is 57.1 Å². The third-order valence-corrected chi connectivity index (χ3v) is 10.8. The van der Waals surface area contributed by atoms with Crippen LogP contribution < -0.4 is 9.47 Å². The van der Waals surface area contributed by atoms with E-state index >= 15 is 0 Å². The zero-order valence-electron chi connectivity index (χ0n) is 30.9. The molecule has 0 aromatic heterocycles. The maximum absolute atomic E-state index is 11.8. The molecule has 4 aromatic carbocycles. The van der Waals surface area contributed by atoms with E-state index in [4.69, 9.17) is 9.47 Å². The summed E-state index contributed by atoms with van der Waals surface area (Å²) in [6.45, 7) is 7.04. The zero-order valence-corrected chi connectivity index (χ0v) is 30.9. The van der Waals surface area contributed by atoms with Gasteiger partial charge in [0.05, 0.1) is 11.1 Å². The number of benzene rings is 4. The largest absolute Gasteiger partial charge is 0.488 e. The van der Waals surface area contributed by atoms with Crippen LogP contribution in [0.1, 0.15) is 83.0 Å². The summed E-state index contributed by atoms with van der Waals surface area (Å²) in [5, 5.41) is 39.2. The first kappa shape index (κ1) is 38.1. The van der Waals surface area contributed by atoms with Gasteiger partial charge in [0.25, 0.3) is 0 Å².